The quantitative estimate of drug-likeness (QED) is 0.307. The van der Waals surface area contributed by atoms with Crippen molar-refractivity contribution in [3.8, 4) is 0 Å². The minimum absolute atomic E-state index is 0.0629. The fourth-order valence-electron chi connectivity index (χ4n) is 1.03. The maximum Gasteiger partial charge on any atom is 0.338 e. The molecule has 0 saturated carbocycles. The standard InChI is InChI=1S/C7H15F2N3O2/c1-5(13)3-12(2)4-7(8,9)6(14)11-10/h5,13H,3-4,10H2,1-2H3,(H,11,14). The summed E-state index contributed by atoms with van der Waals surface area (Å²) >= 11 is 0. The lowest BCUT2D eigenvalue weighted by Gasteiger charge is -2.23. The molecule has 4 N–H and O–H groups in total. The Kier molecular flexibility index (Phi) is 4.89. The Balaban J connectivity index is 4.14. The third-order valence-corrected chi connectivity index (χ3v) is 1.51. The Morgan fingerprint density at radius 3 is 2.57 bits per heavy atom. The van der Waals surface area contributed by atoms with E-state index in [1.807, 2.05) is 0 Å². The molecule has 1 amide bonds. The van der Waals surface area contributed by atoms with Gasteiger partial charge in [0.1, 0.15) is 0 Å². The summed E-state index contributed by atoms with van der Waals surface area (Å²) in [5, 5.41) is 8.90. The topological polar surface area (TPSA) is 78.6 Å². The smallest absolute Gasteiger partial charge is 0.338 e. The van der Waals surface area contributed by atoms with Gasteiger partial charge in [0.2, 0.25) is 0 Å². The first-order valence-electron chi connectivity index (χ1n) is 4.05. The van der Waals surface area contributed by atoms with Gasteiger partial charge in [-0.1, -0.05) is 0 Å². The second-order valence-electron chi connectivity index (χ2n) is 3.22. The molecule has 0 spiro atoms. The fraction of sp³-hybridized carbons (Fsp3) is 0.857. The van der Waals surface area contributed by atoms with Gasteiger partial charge in [-0.05, 0) is 14.0 Å². The molecule has 0 aliphatic carbocycles. The number of rotatable bonds is 5. The van der Waals surface area contributed by atoms with E-state index in [2.05, 4.69) is 5.84 Å². The Morgan fingerprint density at radius 2 is 2.21 bits per heavy atom. The maximum atomic E-state index is 12.9. The Hall–Kier alpha value is -0.790. The highest BCUT2D eigenvalue weighted by Crippen LogP contribution is 2.14. The van der Waals surface area contributed by atoms with E-state index in [9.17, 15) is 13.6 Å². The number of carbonyl (C=O) groups excluding carboxylic acids is 1. The normalized spacial score (nSPS) is 14.2. The van der Waals surface area contributed by atoms with Crippen molar-refractivity contribution in [1.29, 1.82) is 0 Å². The molecule has 0 aromatic carbocycles. The molecule has 0 saturated heterocycles. The average Bonchev–Trinajstić information content (AvgIpc) is 1.99. The van der Waals surface area contributed by atoms with Crippen LogP contribution in [0.1, 0.15) is 6.92 Å². The summed E-state index contributed by atoms with van der Waals surface area (Å²) in [7, 11) is 1.38. The van der Waals surface area contributed by atoms with Crippen LogP contribution in [0, 0.1) is 0 Å². The van der Waals surface area contributed by atoms with Crippen LogP contribution in [0.25, 0.3) is 0 Å². The zero-order valence-corrected chi connectivity index (χ0v) is 8.13. The van der Waals surface area contributed by atoms with Crippen molar-refractivity contribution >= 4 is 5.91 Å². The summed E-state index contributed by atoms with van der Waals surface area (Å²) in [6.07, 6.45) is -0.725. The van der Waals surface area contributed by atoms with Crippen LogP contribution in [0.15, 0.2) is 0 Å². The van der Waals surface area contributed by atoms with Gasteiger partial charge in [-0.2, -0.15) is 8.78 Å². The van der Waals surface area contributed by atoms with E-state index >= 15 is 0 Å². The fourth-order valence-corrected chi connectivity index (χ4v) is 1.03. The number of nitrogens with one attached hydrogen (secondary N) is 1. The highest BCUT2D eigenvalue weighted by molar-refractivity contribution is 5.82. The predicted octanol–water partition coefficient (Wildman–Crippen LogP) is -1.08. The summed E-state index contributed by atoms with van der Waals surface area (Å²) in [4.78, 5) is 11.7. The average molecular weight is 211 g/mol. The number of likely N-dealkylation sites (N-methyl/N-ethyl adjacent to an activating group) is 1. The van der Waals surface area contributed by atoms with Crippen LogP contribution in [0.3, 0.4) is 0 Å². The lowest BCUT2D eigenvalue weighted by molar-refractivity contribution is -0.148. The van der Waals surface area contributed by atoms with Gasteiger partial charge in [-0.25, -0.2) is 5.84 Å². The van der Waals surface area contributed by atoms with E-state index in [1.54, 1.807) is 0 Å². The molecular formula is C7H15F2N3O2. The third kappa shape index (κ3) is 4.45. The molecule has 84 valence electrons. The Labute approximate surface area is 80.8 Å². The summed E-state index contributed by atoms with van der Waals surface area (Å²) in [5.41, 5.74) is 1.39. The molecule has 1 atom stereocenters. The van der Waals surface area contributed by atoms with Crippen molar-refractivity contribution in [2.75, 3.05) is 20.1 Å². The van der Waals surface area contributed by atoms with Crippen LogP contribution in [-0.4, -0.2) is 48.1 Å². The highest BCUT2D eigenvalue weighted by Gasteiger charge is 2.39. The van der Waals surface area contributed by atoms with Crippen molar-refractivity contribution in [2.45, 2.75) is 19.0 Å². The molecule has 0 rings (SSSR count). The molecule has 0 bridgehead atoms. The van der Waals surface area contributed by atoms with Gasteiger partial charge >= 0.3 is 11.8 Å². The molecule has 14 heavy (non-hydrogen) atoms. The summed E-state index contributed by atoms with van der Waals surface area (Å²) in [5.74, 6) is -0.488. The minimum Gasteiger partial charge on any atom is -0.392 e. The molecule has 7 heteroatoms. The molecule has 0 heterocycles. The zero-order chi connectivity index (χ0) is 11.4. The van der Waals surface area contributed by atoms with Gasteiger partial charge in [0, 0.05) is 6.54 Å². The lowest BCUT2D eigenvalue weighted by atomic mass is 10.3. The Bertz CT molecular complexity index is 199. The number of nitrogens with zero attached hydrogens (tertiary/aromatic N) is 1. The van der Waals surface area contributed by atoms with Gasteiger partial charge in [0.25, 0.3) is 0 Å². The number of nitrogens with two attached hydrogens (primary N) is 1. The van der Waals surface area contributed by atoms with Crippen molar-refractivity contribution in [3.05, 3.63) is 0 Å². The number of hydrogen-bond acceptors (Lipinski definition) is 4. The predicted molar refractivity (Wildman–Crippen MR) is 46.5 cm³/mol. The van der Waals surface area contributed by atoms with Gasteiger partial charge in [0.15, 0.2) is 0 Å². The summed E-state index contributed by atoms with van der Waals surface area (Å²) < 4.78 is 25.8. The van der Waals surface area contributed by atoms with Crippen LogP contribution >= 0.6 is 0 Å². The molecule has 0 aliphatic rings. The van der Waals surface area contributed by atoms with Crippen LogP contribution in [0.2, 0.25) is 0 Å². The summed E-state index contributed by atoms with van der Waals surface area (Å²) in [6, 6.07) is 0. The van der Waals surface area contributed by atoms with E-state index in [1.165, 1.54) is 19.4 Å². The molecule has 0 fully saturated rings. The lowest BCUT2D eigenvalue weighted by Crippen LogP contribution is -2.50. The van der Waals surface area contributed by atoms with Gasteiger partial charge in [-0.15, -0.1) is 0 Å². The number of alkyl halides is 2. The molecule has 0 aromatic rings. The molecule has 5 nitrogen and oxygen atoms in total. The van der Waals surface area contributed by atoms with Crippen molar-refractivity contribution in [1.82, 2.24) is 10.3 Å². The second-order valence-corrected chi connectivity index (χ2v) is 3.22. The molecule has 0 aromatic heterocycles. The number of carbonyl (C=O) groups is 1. The van der Waals surface area contributed by atoms with E-state index in [0.717, 1.165) is 4.90 Å². The first-order valence-corrected chi connectivity index (χ1v) is 4.05. The Morgan fingerprint density at radius 1 is 1.71 bits per heavy atom. The maximum absolute atomic E-state index is 12.9. The van der Waals surface area contributed by atoms with Gasteiger partial charge in [0.05, 0.1) is 12.6 Å². The number of hydrogen-bond donors (Lipinski definition) is 3. The van der Waals surface area contributed by atoms with E-state index in [-0.39, 0.29) is 6.54 Å². The van der Waals surface area contributed by atoms with Gasteiger partial charge in [-0.3, -0.25) is 15.1 Å². The van der Waals surface area contributed by atoms with Crippen LogP contribution in [0.4, 0.5) is 8.78 Å². The second kappa shape index (κ2) is 5.18. The van der Waals surface area contributed by atoms with E-state index in [4.69, 9.17) is 5.11 Å². The molecule has 0 radical (unpaired) electrons. The minimum atomic E-state index is -3.54. The molecule has 0 aliphatic heterocycles. The first kappa shape index (κ1) is 13.2. The van der Waals surface area contributed by atoms with Gasteiger partial charge < -0.3 is 5.11 Å². The number of halogens is 2. The summed E-state index contributed by atoms with van der Waals surface area (Å²) in [6.45, 7) is 0.756. The number of amides is 1. The van der Waals surface area contributed by atoms with Crippen molar-refractivity contribution in [3.63, 3.8) is 0 Å². The van der Waals surface area contributed by atoms with Crippen molar-refractivity contribution < 1.29 is 18.7 Å². The monoisotopic (exact) mass is 211 g/mol. The van der Waals surface area contributed by atoms with E-state index in [0.29, 0.717) is 0 Å². The molecular weight excluding hydrogens is 196 g/mol. The SMILES string of the molecule is CC(O)CN(C)CC(F)(F)C(=O)NN. The third-order valence-electron chi connectivity index (χ3n) is 1.51. The number of aliphatic hydroxyl groups excluding tert-OH is 1. The highest BCUT2D eigenvalue weighted by atomic mass is 19.3. The number of aliphatic hydroxyl groups is 1. The van der Waals surface area contributed by atoms with Crippen LogP contribution < -0.4 is 11.3 Å². The van der Waals surface area contributed by atoms with Crippen LogP contribution in [-0.2, 0) is 4.79 Å². The zero-order valence-electron chi connectivity index (χ0n) is 8.13. The number of hydrazine groups is 1. The van der Waals surface area contributed by atoms with E-state index < -0.39 is 24.5 Å². The largest absolute Gasteiger partial charge is 0.392 e. The van der Waals surface area contributed by atoms with Crippen molar-refractivity contribution in [2.24, 2.45) is 5.84 Å². The van der Waals surface area contributed by atoms with Crippen LogP contribution in [0.5, 0.6) is 0 Å². The molecule has 1 unspecified atom stereocenters. The first-order chi connectivity index (χ1) is 6.29.